The van der Waals surface area contributed by atoms with Crippen LogP contribution in [0.3, 0.4) is 0 Å². The molecule has 0 bridgehead atoms. The largest absolute Gasteiger partial charge is 0.478 e. The SMILES string of the molecule is Cc1cc(C)c(C(=O)O)cc1NC(=O)c1ccc(NC(=O)C2CC2C)cc1. The molecule has 0 heterocycles. The summed E-state index contributed by atoms with van der Waals surface area (Å²) in [6.45, 7) is 5.57. The molecule has 2 aromatic rings. The minimum atomic E-state index is -1.03. The molecule has 6 nitrogen and oxygen atoms in total. The molecule has 2 atom stereocenters. The monoisotopic (exact) mass is 366 g/mol. The molecule has 0 saturated heterocycles. The number of carboxylic acids is 1. The van der Waals surface area contributed by atoms with Crippen LogP contribution < -0.4 is 10.6 Å². The normalized spacial score (nSPS) is 17.9. The molecule has 140 valence electrons. The van der Waals surface area contributed by atoms with Crippen LogP contribution in [-0.4, -0.2) is 22.9 Å². The number of rotatable bonds is 5. The van der Waals surface area contributed by atoms with E-state index in [9.17, 15) is 19.5 Å². The first-order valence-electron chi connectivity index (χ1n) is 8.83. The number of carbonyl (C=O) groups is 3. The number of anilines is 2. The highest BCUT2D eigenvalue weighted by Crippen LogP contribution is 2.38. The van der Waals surface area contributed by atoms with Crippen molar-refractivity contribution in [3.63, 3.8) is 0 Å². The van der Waals surface area contributed by atoms with E-state index < -0.39 is 5.97 Å². The Labute approximate surface area is 157 Å². The maximum absolute atomic E-state index is 12.5. The zero-order valence-electron chi connectivity index (χ0n) is 15.5. The van der Waals surface area contributed by atoms with Crippen LogP contribution in [0.1, 0.15) is 45.2 Å². The highest BCUT2D eigenvalue weighted by Gasteiger charge is 2.39. The van der Waals surface area contributed by atoms with E-state index in [1.54, 1.807) is 37.3 Å². The summed E-state index contributed by atoms with van der Waals surface area (Å²) in [5.74, 6) is -0.847. The quantitative estimate of drug-likeness (QED) is 0.749. The first-order valence-corrected chi connectivity index (χ1v) is 8.83. The predicted molar refractivity (Wildman–Crippen MR) is 103 cm³/mol. The number of benzene rings is 2. The van der Waals surface area contributed by atoms with Crippen LogP contribution in [0.15, 0.2) is 36.4 Å². The highest BCUT2D eigenvalue weighted by atomic mass is 16.4. The van der Waals surface area contributed by atoms with Crippen molar-refractivity contribution in [2.24, 2.45) is 11.8 Å². The lowest BCUT2D eigenvalue weighted by Crippen LogP contribution is -2.16. The van der Waals surface area contributed by atoms with Gasteiger partial charge in [-0.3, -0.25) is 9.59 Å². The molecule has 1 aliphatic rings. The molecule has 0 spiro atoms. The third kappa shape index (κ3) is 4.16. The van der Waals surface area contributed by atoms with Crippen LogP contribution in [-0.2, 0) is 4.79 Å². The molecule has 0 aromatic heterocycles. The average Bonchev–Trinajstić information content (AvgIpc) is 3.34. The van der Waals surface area contributed by atoms with Gasteiger partial charge in [0.2, 0.25) is 5.91 Å². The van der Waals surface area contributed by atoms with Crippen molar-refractivity contribution in [1.82, 2.24) is 0 Å². The Morgan fingerprint density at radius 2 is 1.63 bits per heavy atom. The Morgan fingerprint density at radius 1 is 1.00 bits per heavy atom. The van der Waals surface area contributed by atoms with E-state index in [2.05, 4.69) is 10.6 Å². The lowest BCUT2D eigenvalue weighted by atomic mass is 10.0. The lowest BCUT2D eigenvalue weighted by Gasteiger charge is -2.12. The van der Waals surface area contributed by atoms with Gasteiger partial charge in [0.1, 0.15) is 0 Å². The van der Waals surface area contributed by atoms with Crippen molar-refractivity contribution in [2.45, 2.75) is 27.2 Å². The van der Waals surface area contributed by atoms with E-state index in [-0.39, 0.29) is 23.3 Å². The lowest BCUT2D eigenvalue weighted by molar-refractivity contribution is -0.117. The van der Waals surface area contributed by atoms with Crippen LogP contribution in [0.2, 0.25) is 0 Å². The topological polar surface area (TPSA) is 95.5 Å². The number of carboxylic acid groups (broad SMARTS) is 1. The number of hydrogen-bond acceptors (Lipinski definition) is 3. The van der Waals surface area contributed by atoms with Gasteiger partial charge in [0.25, 0.3) is 5.91 Å². The molecule has 2 unspecified atom stereocenters. The van der Waals surface area contributed by atoms with Crippen molar-refractivity contribution in [1.29, 1.82) is 0 Å². The molecule has 3 N–H and O–H groups in total. The molecule has 27 heavy (non-hydrogen) atoms. The Bertz CT molecular complexity index is 919. The number of carbonyl (C=O) groups excluding carboxylic acids is 2. The first-order chi connectivity index (χ1) is 12.8. The summed E-state index contributed by atoms with van der Waals surface area (Å²) in [4.78, 5) is 35.7. The molecule has 1 aliphatic carbocycles. The minimum Gasteiger partial charge on any atom is -0.478 e. The zero-order valence-corrected chi connectivity index (χ0v) is 15.5. The van der Waals surface area contributed by atoms with Gasteiger partial charge in [-0.2, -0.15) is 0 Å². The molecule has 0 radical (unpaired) electrons. The van der Waals surface area contributed by atoms with E-state index in [0.29, 0.717) is 28.4 Å². The molecular formula is C21H22N2O4. The number of hydrogen-bond donors (Lipinski definition) is 3. The molecule has 1 saturated carbocycles. The fourth-order valence-electron chi connectivity index (χ4n) is 3.04. The summed E-state index contributed by atoms with van der Waals surface area (Å²) in [5, 5.41) is 14.9. The van der Waals surface area contributed by atoms with Gasteiger partial charge in [-0.25, -0.2) is 4.79 Å². The minimum absolute atomic E-state index is 0.0104. The maximum Gasteiger partial charge on any atom is 0.336 e. The summed E-state index contributed by atoms with van der Waals surface area (Å²) >= 11 is 0. The van der Waals surface area contributed by atoms with E-state index in [0.717, 1.165) is 12.0 Å². The van der Waals surface area contributed by atoms with Gasteiger partial charge in [-0.05, 0) is 67.6 Å². The fourth-order valence-corrected chi connectivity index (χ4v) is 3.04. The molecular weight excluding hydrogens is 344 g/mol. The fraction of sp³-hybridized carbons (Fsp3) is 0.286. The number of aryl methyl sites for hydroxylation is 2. The van der Waals surface area contributed by atoms with Crippen molar-refractivity contribution >= 4 is 29.2 Å². The van der Waals surface area contributed by atoms with Crippen molar-refractivity contribution in [3.8, 4) is 0 Å². The van der Waals surface area contributed by atoms with Gasteiger partial charge in [-0.1, -0.05) is 13.0 Å². The first kappa shape index (κ1) is 18.6. The molecule has 3 rings (SSSR count). The van der Waals surface area contributed by atoms with E-state index in [4.69, 9.17) is 0 Å². The van der Waals surface area contributed by atoms with Crippen LogP contribution in [0.25, 0.3) is 0 Å². The predicted octanol–water partition coefficient (Wildman–Crippen LogP) is 3.85. The highest BCUT2D eigenvalue weighted by molar-refractivity contribution is 6.06. The van der Waals surface area contributed by atoms with E-state index >= 15 is 0 Å². The van der Waals surface area contributed by atoms with E-state index in [1.807, 2.05) is 13.8 Å². The van der Waals surface area contributed by atoms with Crippen molar-refractivity contribution < 1.29 is 19.5 Å². The summed E-state index contributed by atoms with van der Waals surface area (Å²) in [7, 11) is 0. The van der Waals surface area contributed by atoms with E-state index in [1.165, 1.54) is 6.07 Å². The van der Waals surface area contributed by atoms with Gasteiger partial charge >= 0.3 is 5.97 Å². The van der Waals surface area contributed by atoms with Gasteiger partial charge in [0, 0.05) is 22.9 Å². The maximum atomic E-state index is 12.5. The summed E-state index contributed by atoms with van der Waals surface area (Å²) < 4.78 is 0. The summed E-state index contributed by atoms with van der Waals surface area (Å²) in [6, 6.07) is 9.83. The van der Waals surface area contributed by atoms with Crippen LogP contribution >= 0.6 is 0 Å². The Balaban J connectivity index is 1.70. The average molecular weight is 366 g/mol. The second-order valence-electron chi connectivity index (χ2n) is 7.13. The third-order valence-corrected chi connectivity index (χ3v) is 4.91. The second-order valence-corrected chi connectivity index (χ2v) is 7.13. The van der Waals surface area contributed by atoms with Crippen LogP contribution in [0, 0.1) is 25.7 Å². The Hall–Kier alpha value is -3.15. The molecule has 6 heteroatoms. The summed E-state index contributed by atoms with van der Waals surface area (Å²) in [5.41, 5.74) is 3.11. The van der Waals surface area contributed by atoms with Crippen molar-refractivity contribution in [3.05, 3.63) is 58.7 Å². The smallest absolute Gasteiger partial charge is 0.336 e. The van der Waals surface area contributed by atoms with Gasteiger partial charge in [0.05, 0.1) is 5.56 Å². The molecule has 1 fully saturated rings. The van der Waals surface area contributed by atoms with Crippen molar-refractivity contribution in [2.75, 3.05) is 10.6 Å². The standard InChI is InChI=1S/C21H22N2O4/c1-11-8-13(3)18(10-17(11)21(26)27)23-19(24)14-4-6-15(7-5-14)22-20(25)16-9-12(16)2/h4-8,10,12,16H,9H2,1-3H3,(H,22,25)(H,23,24)(H,26,27). The number of nitrogens with one attached hydrogen (secondary N) is 2. The molecule has 2 aromatic carbocycles. The Morgan fingerprint density at radius 3 is 2.19 bits per heavy atom. The van der Waals surface area contributed by atoms with Gasteiger partial charge in [-0.15, -0.1) is 0 Å². The molecule has 0 aliphatic heterocycles. The zero-order chi connectivity index (χ0) is 19.7. The summed E-state index contributed by atoms with van der Waals surface area (Å²) in [6.07, 6.45) is 0.917. The van der Waals surface area contributed by atoms with Crippen LogP contribution in [0.4, 0.5) is 11.4 Å². The molecule has 2 amide bonds. The van der Waals surface area contributed by atoms with Crippen LogP contribution in [0.5, 0.6) is 0 Å². The third-order valence-electron chi connectivity index (χ3n) is 4.91. The number of aromatic carboxylic acids is 1. The Kier molecular flexibility index (Phi) is 4.99. The van der Waals surface area contributed by atoms with Gasteiger partial charge < -0.3 is 15.7 Å². The number of amides is 2. The second kappa shape index (κ2) is 7.23. The van der Waals surface area contributed by atoms with Gasteiger partial charge in [0.15, 0.2) is 0 Å².